The van der Waals surface area contributed by atoms with Gasteiger partial charge in [-0.15, -0.1) is 11.8 Å². The fraction of sp³-hybridized carbons (Fsp3) is 0.704. The van der Waals surface area contributed by atoms with Crippen LogP contribution in [-0.4, -0.2) is 13.7 Å². The van der Waals surface area contributed by atoms with Gasteiger partial charge in [-0.05, 0) is 37.8 Å². The van der Waals surface area contributed by atoms with Crippen molar-refractivity contribution in [1.29, 1.82) is 0 Å². The van der Waals surface area contributed by atoms with Crippen LogP contribution in [0.2, 0.25) is 0 Å². The third-order valence-electron chi connectivity index (χ3n) is 6.29. The lowest BCUT2D eigenvalue weighted by Gasteiger charge is -2.18. The SMILES string of the molecule is O=S(=O)(c1ccccc1)C1CCCCCCCCCC#CCCCCCCCCC1. The summed E-state index contributed by atoms with van der Waals surface area (Å²) in [6, 6.07) is 9.09. The Labute approximate surface area is 186 Å². The van der Waals surface area contributed by atoms with Crippen molar-refractivity contribution in [2.75, 3.05) is 0 Å². The van der Waals surface area contributed by atoms with Crippen LogP contribution in [-0.2, 0) is 9.84 Å². The Bertz CT molecular complexity index is 686. The summed E-state index contributed by atoms with van der Waals surface area (Å²) < 4.78 is 26.4. The van der Waals surface area contributed by atoms with E-state index < -0.39 is 9.84 Å². The van der Waals surface area contributed by atoms with Crippen LogP contribution in [0.4, 0.5) is 0 Å². The lowest BCUT2D eigenvalue weighted by Crippen LogP contribution is -2.21. The van der Waals surface area contributed by atoms with Crippen LogP contribution >= 0.6 is 0 Å². The average molecular weight is 431 g/mol. The second-order valence-electron chi connectivity index (χ2n) is 8.86. The maximum atomic E-state index is 13.2. The van der Waals surface area contributed by atoms with Crippen LogP contribution in [0.3, 0.4) is 0 Å². The van der Waals surface area contributed by atoms with Gasteiger partial charge in [0.15, 0.2) is 9.84 Å². The highest BCUT2D eigenvalue weighted by molar-refractivity contribution is 7.92. The molecule has 0 spiro atoms. The third kappa shape index (κ3) is 10.2. The largest absolute Gasteiger partial charge is 0.223 e. The number of hydrogen-bond acceptors (Lipinski definition) is 2. The van der Waals surface area contributed by atoms with E-state index in [-0.39, 0.29) is 5.25 Å². The van der Waals surface area contributed by atoms with Crippen LogP contribution in [0, 0.1) is 11.8 Å². The molecule has 1 aliphatic carbocycles. The molecule has 0 heterocycles. The zero-order valence-corrected chi connectivity index (χ0v) is 19.7. The summed E-state index contributed by atoms with van der Waals surface area (Å²) in [6.45, 7) is 0. The Kier molecular flexibility index (Phi) is 12.9. The fourth-order valence-electron chi connectivity index (χ4n) is 4.37. The van der Waals surface area contributed by atoms with Gasteiger partial charge in [0.25, 0.3) is 0 Å². The summed E-state index contributed by atoms with van der Waals surface area (Å²) >= 11 is 0. The van der Waals surface area contributed by atoms with Gasteiger partial charge in [0.2, 0.25) is 0 Å². The van der Waals surface area contributed by atoms with Gasteiger partial charge in [-0.2, -0.15) is 0 Å². The fourth-order valence-corrected chi connectivity index (χ4v) is 6.25. The Morgan fingerprint density at radius 3 is 1.43 bits per heavy atom. The smallest absolute Gasteiger partial charge is 0.181 e. The minimum Gasteiger partial charge on any atom is -0.223 e. The minimum atomic E-state index is -3.22. The lowest BCUT2D eigenvalue weighted by atomic mass is 10.0. The number of benzene rings is 1. The summed E-state index contributed by atoms with van der Waals surface area (Å²) in [4.78, 5) is 0.503. The molecule has 2 nitrogen and oxygen atoms in total. The highest BCUT2D eigenvalue weighted by Crippen LogP contribution is 2.25. The van der Waals surface area contributed by atoms with E-state index in [1.807, 2.05) is 18.2 Å². The van der Waals surface area contributed by atoms with Gasteiger partial charge in [0.05, 0.1) is 10.1 Å². The first kappa shape index (κ1) is 25.0. The second kappa shape index (κ2) is 15.5. The standard InChI is InChI=1S/C27H42O2S/c28-30(29,27-24-20-17-21-25-27)26-22-18-15-13-11-9-7-5-3-1-2-4-6-8-10-12-14-16-19-23-26/h17,20-21,24-26H,3-16,18-19,22-23H2. The van der Waals surface area contributed by atoms with E-state index in [2.05, 4.69) is 11.8 Å². The number of rotatable bonds is 2. The predicted molar refractivity (Wildman–Crippen MR) is 128 cm³/mol. The maximum Gasteiger partial charge on any atom is 0.181 e. The molecule has 2 rings (SSSR count). The van der Waals surface area contributed by atoms with Crippen LogP contribution in [0.1, 0.15) is 116 Å². The minimum absolute atomic E-state index is 0.217. The van der Waals surface area contributed by atoms with Crippen LogP contribution < -0.4 is 0 Å². The van der Waals surface area contributed by atoms with E-state index in [0.717, 1.165) is 51.4 Å². The second-order valence-corrected chi connectivity index (χ2v) is 11.1. The summed E-state index contributed by atoms with van der Waals surface area (Å²) in [5.41, 5.74) is 0. The number of hydrogen-bond donors (Lipinski definition) is 0. The highest BCUT2D eigenvalue weighted by Gasteiger charge is 2.26. The molecule has 0 unspecified atom stereocenters. The predicted octanol–water partition coefficient (Wildman–Crippen LogP) is 7.87. The lowest BCUT2D eigenvalue weighted by molar-refractivity contribution is 0.508. The maximum absolute atomic E-state index is 13.2. The van der Waals surface area contributed by atoms with Gasteiger partial charge >= 0.3 is 0 Å². The molecule has 0 aromatic heterocycles. The molecule has 0 aliphatic heterocycles. The molecule has 30 heavy (non-hydrogen) atoms. The quantitative estimate of drug-likeness (QED) is 0.447. The van der Waals surface area contributed by atoms with Crippen molar-refractivity contribution in [3.05, 3.63) is 30.3 Å². The van der Waals surface area contributed by atoms with E-state index in [4.69, 9.17) is 0 Å². The first-order valence-electron chi connectivity index (χ1n) is 12.5. The van der Waals surface area contributed by atoms with Gasteiger partial charge in [-0.25, -0.2) is 8.42 Å². The van der Waals surface area contributed by atoms with Gasteiger partial charge in [0, 0.05) is 12.8 Å². The molecule has 1 aliphatic rings. The summed E-state index contributed by atoms with van der Waals surface area (Å²) in [5.74, 6) is 6.68. The molecule has 1 aromatic rings. The molecule has 168 valence electrons. The first-order valence-corrected chi connectivity index (χ1v) is 14.0. The first-order chi connectivity index (χ1) is 14.7. The van der Waals surface area contributed by atoms with Crippen molar-refractivity contribution < 1.29 is 8.42 Å². The van der Waals surface area contributed by atoms with Crippen LogP contribution in [0.25, 0.3) is 0 Å². The Morgan fingerprint density at radius 1 is 0.567 bits per heavy atom. The van der Waals surface area contributed by atoms with Crippen molar-refractivity contribution in [2.45, 2.75) is 126 Å². The zero-order chi connectivity index (χ0) is 21.3. The van der Waals surface area contributed by atoms with Crippen molar-refractivity contribution in [3.63, 3.8) is 0 Å². The van der Waals surface area contributed by atoms with E-state index in [1.165, 1.54) is 64.2 Å². The van der Waals surface area contributed by atoms with Crippen LogP contribution in [0.5, 0.6) is 0 Å². The normalized spacial score (nSPS) is 20.4. The summed E-state index contributed by atoms with van der Waals surface area (Å²) in [7, 11) is -3.22. The van der Waals surface area contributed by atoms with Crippen molar-refractivity contribution in [1.82, 2.24) is 0 Å². The highest BCUT2D eigenvalue weighted by atomic mass is 32.2. The third-order valence-corrected chi connectivity index (χ3v) is 8.57. The van der Waals surface area contributed by atoms with E-state index in [1.54, 1.807) is 12.1 Å². The van der Waals surface area contributed by atoms with Gasteiger partial charge in [0.1, 0.15) is 0 Å². The molecule has 0 N–H and O–H groups in total. The average Bonchev–Trinajstić information content (AvgIpc) is 2.76. The van der Waals surface area contributed by atoms with Gasteiger partial charge < -0.3 is 0 Å². The number of sulfone groups is 1. The van der Waals surface area contributed by atoms with Crippen molar-refractivity contribution in [2.24, 2.45) is 0 Å². The molecule has 3 heteroatoms. The Morgan fingerprint density at radius 2 is 0.967 bits per heavy atom. The van der Waals surface area contributed by atoms with Gasteiger partial charge in [-0.3, -0.25) is 0 Å². The molecule has 0 radical (unpaired) electrons. The Hall–Kier alpha value is -1.27. The molecule has 0 atom stereocenters. The summed E-state index contributed by atoms with van der Waals surface area (Å²) in [6.07, 6.45) is 20.7. The van der Waals surface area contributed by atoms with Gasteiger partial charge in [-0.1, -0.05) is 95.2 Å². The summed E-state index contributed by atoms with van der Waals surface area (Å²) in [5, 5.41) is -0.217. The van der Waals surface area contributed by atoms with Crippen molar-refractivity contribution >= 4 is 9.84 Å². The molecule has 0 fully saturated rings. The van der Waals surface area contributed by atoms with E-state index >= 15 is 0 Å². The monoisotopic (exact) mass is 430 g/mol. The zero-order valence-electron chi connectivity index (χ0n) is 18.9. The van der Waals surface area contributed by atoms with E-state index in [9.17, 15) is 8.42 Å². The van der Waals surface area contributed by atoms with E-state index in [0.29, 0.717) is 4.90 Å². The molecule has 0 saturated carbocycles. The molecular formula is C27H42O2S. The topological polar surface area (TPSA) is 34.1 Å². The van der Waals surface area contributed by atoms with Crippen molar-refractivity contribution in [3.8, 4) is 11.8 Å². The molecule has 0 saturated heterocycles. The Balaban J connectivity index is 1.88. The molecular weight excluding hydrogens is 388 g/mol. The molecule has 0 bridgehead atoms. The van der Waals surface area contributed by atoms with Crippen LogP contribution in [0.15, 0.2) is 35.2 Å². The molecule has 0 amide bonds. The molecule has 1 aromatic carbocycles.